The topological polar surface area (TPSA) is 66.4 Å². The van der Waals surface area contributed by atoms with Crippen LogP contribution in [0.4, 0.5) is 22.0 Å². The lowest BCUT2D eigenvalue weighted by atomic mass is 10.0. The quantitative estimate of drug-likeness (QED) is 0.834. The van der Waals surface area contributed by atoms with Gasteiger partial charge in [0, 0.05) is 5.56 Å². The van der Waals surface area contributed by atoms with Crippen molar-refractivity contribution in [2.24, 2.45) is 0 Å². The Labute approximate surface area is 109 Å². The SMILES string of the molecule is O=C(O)[C@H](NC(=O)C(F)(F)F)C(F)(F)c1ccccc1. The van der Waals surface area contributed by atoms with Gasteiger partial charge in [0.15, 0.2) is 6.04 Å². The number of carboxylic acids is 1. The Morgan fingerprint density at radius 3 is 1.95 bits per heavy atom. The number of carbonyl (C=O) groups excluding carboxylic acids is 1. The highest BCUT2D eigenvalue weighted by Crippen LogP contribution is 2.32. The Balaban J connectivity index is 3.08. The molecule has 1 aromatic rings. The molecule has 110 valence electrons. The summed E-state index contributed by atoms with van der Waals surface area (Å²) in [4.78, 5) is 21.3. The molecule has 0 heterocycles. The summed E-state index contributed by atoms with van der Waals surface area (Å²) in [7, 11) is 0. The maximum Gasteiger partial charge on any atom is 0.471 e. The summed E-state index contributed by atoms with van der Waals surface area (Å²) >= 11 is 0. The summed E-state index contributed by atoms with van der Waals surface area (Å²) in [6, 6.07) is 2.34. The van der Waals surface area contributed by atoms with Gasteiger partial charge >= 0.3 is 24.0 Å². The van der Waals surface area contributed by atoms with Crippen molar-refractivity contribution in [3.8, 4) is 0 Å². The summed E-state index contributed by atoms with van der Waals surface area (Å²) in [5.74, 6) is -9.23. The first-order valence-electron chi connectivity index (χ1n) is 5.10. The standard InChI is InChI=1S/C11H8F5NO3/c12-10(13,6-4-2-1-3-5-6)7(8(18)19)17-9(20)11(14,15)16/h1-5,7H,(H,17,20)(H,18,19)/t7-/m0/s1. The van der Waals surface area contributed by atoms with Gasteiger partial charge in [0.25, 0.3) is 0 Å². The van der Waals surface area contributed by atoms with E-state index in [1.165, 1.54) is 6.07 Å². The largest absolute Gasteiger partial charge is 0.480 e. The lowest BCUT2D eigenvalue weighted by molar-refractivity contribution is -0.180. The van der Waals surface area contributed by atoms with Crippen molar-refractivity contribution in [2.75, 3.05) is 0 Å². The zero-order valence-corrected chi connectivity index (χ0v) is 9.62. The Morgan fingerprint density at radius 2 is 1.55 bits per heavy atom. The Bertz CT molecular complexity index is 501. The van der Waals surface area contributed by atoms with Crippen molar-refractivity contribution >= 4 is 11.9 Å². The lowest BCUT2D eigenvalue weighted by Crippen LogP contribution is -2.54. The monoisotopic (exact) mass is 297 g/mol. The number of alkyl halides is 5. The number of hydrogen-bond acceptors (Lipinski definition) is 2. The van der Waals surface area contributed by atoms with Crippen LogP contribution in [0.2, 0.25) is 0 Å². The van der Waals surface area contributed by atoms with Crippen molar-refractivity contribution in [1.29, 1.82) is 0 Å². The van der Waals surface area contributed by atoms with Gasteiger partial charge in [-0.05, 0) is 0 Å². The van der Waals surface area contributed by atoms with Crippen LogP contribution in [0.15, 0.2) is 30.3 Å². The molecule has 0 unspecified atom stereocenters. The molecule has 0 aliphatic rings. The minimum Gasteiger partial charge on any atom is -0.480 e. The molecule has 0 aliphatic heterocycles. The van der Waals surface area contributed by atoms with Crippen molar-refractivity contribution in [1.82, 2.24) is 5.32 Å². The highest BCUT2D eigenvalue weighted by Gasteiger charge is 2.50. The predicted molar refractivity (Wildman–Crippen MR) is 56.0 cm³/mol. The van der Waals surface area contributed by atoms with Crippen LogP contribution in [0.1, 0.15) is 5.56 Å². The number of carbonyl (C=O) groups is 2. The molecule has 0 bridgehead atoms. The van der Waals surface area contributed by atoms with E-state index in [9.17, 15) is 31.5 Å². The van der Waals surface area contributed by atoms with Crippen LogP contribution in [0.3, 0.4) is 0 Å². The summed E-state index contributed by atoms with van der Waals surface area (Å²) in [5, 5.41) is 9.40. The van der Waals surface area contributed by atoms with E-state index in [1.54, 1.807) is 0 Å². The lowest BCUT2D eigenvalue weighted by Gasteiger charge is -2.25. The van der Waals surface area contributed by atoms with E-state index < -0.39 is 35.6 Å². The zero-order chi connectivity index (χ0) is 15.6. The predicted octanol–water partition coefficient (Wildman–Crippen LogP) is 1.91. The molecule has 0 radical (unpaired) electrons. The van der Waals surface area contributed by atoms with E-state index in [2.05, 4.69) is 0 Å². The number of aliphatic carboxylic acids is 1. The van der Waals surface area contributed by atoms with Crippen LogP contribution in [-0.2, 0) is 15.5 Å². The van der Waals surface area contributed by atoms with E-state index >= 15 is 0 Å². The maximum atomic E-state index is 13.9. The molecule has 0 aromatic heterocycles. The first-order chi connectivity index (χ1) is 9.06. The number of halogens is 5. The van der Waals surface area contributed by atoms with Crippen molar-refractivity contribution in [2.45, 2.75) is 18.1 Å². The fourth-order valence-corrected chi connectivity index (χ4v) is 1.35. The molecule has 1 aromatic carbocycles. The van der Waals surface area contributed by atoms with Gasteiger partial charge in [0.05, 0.1) is 0 Å². The second-order valence-electron chi connectivity index (χ2n) is 3.73. The second-order valence-corrected chi connectivity index (χ2v) is 3.73. The molecule has 0 fully saturated rings. The third kappa shape index (κ3) is 3.43. The van der Waals surface area contributed by atoms with Gasteiger partial charge in [-0.25, -0.2) is 4.79 Å². The number of amides is 1. The number of carboxylic acid groups (broad SMARTS) is 1. The molecular weight excluding hydrogens is 289 g/mol. The minimum atomic E-state index is -5.46. The number of rotatable bonds is 4. The zero-order valence-electron chi connectivity index (χ0n) is 9.62. The Morgan fingerprint density at radius 1 is 1.05 bits per heavy atom. The molecule has 2 N–H and O–H groups in total. The molecule has 20 heavy (non-hydrogen) atoms. The van der Waals surface area contributed by atoms with Gasteiger partial charge in [-0.2, -0.15) is 22.0 Å². The highest BCUT2D eigenvalue weighted by molar-refractivity contribution is 5.87. The molecule has 1 amide bonds. The number of nitrogens with one attached hydrogen (secondary N) is 1. The first-order valence-corrected chi connectivity index (χ1v) is 5.10. The van der Waals surface area contributed by atoms with E-state index in [1.807, 2.05) is 0 Å². The average molecular weight is 297 g/mol. The fourth-order valence-electron chi connectivity index (χ4n) is 1.35. The van der Waals surface area contributed by atoms with Crippen LogP contribution in [-0.4, -0.2) is 29.2 Å². The molecule has 0 saturated heterocycles. The molecule has 4 nitrogen and oxygen atoms in total. The molecule has 1 rings (SSSR count). The van der Waals surface area contributed by atoms with Gasteiger partial charge in [0.1, 0.15) is 0 Å². The van der Waals surface area contributed by atoms with Gasteiger partial charge < -0.3 is 10.4 Å². The first kappa shape index (κ1) is 15.9. The molecule has 0 saturated carbocycles. The second kappa shape index (κ2) is 5.43. The smallest absolute Gasteiger partial charge is 0.471 e. The van der Waals surface area contributed by atoms with Crippen molar-refractivity contribution in [3.05, 3.63) is 35.9 Å². The van der Waals surface area contributed by atoms with E-state index in [-0.39, 0.29) is 0 Å². The summed E-state index contributed by atoms with van der Waals surface area (Å²) in [6.07, 6.45) is -5.46. The van der Waals surface area contributed by atoms with Crippen molar-refractivity contribution < 1.29 is 36.6 Å². The van der Waals surface area contributed by atoms with E-state index in [0.717, 1.165) is 29.6 Å². The van der Waals surface area contributed by atoms with Gasteiger partial charge in [-0.3, -0.25) is 4.79 Å². The third-order valence-electron chi connectivity index (χ3n) is 2.30. The van der Waals surface area contributed by atoms with Crippen LogP contribution >= 0.6 is 0 Å². The third-order valence-corrected chi connectivity index (χ3v) is 2.30. The van der Waals surface area contributed by atoms with Crippen LogP contribution in [0.25, 0.3) is 0 Å². The van der Waals surface area contributed by atoms with E-state index in [0.29, 0.717) is 0 Å². The molecule has 0 spiro atoms. The van der Waals surface area contributed by atoms with Gasteiger partial charge in [-0.15, -0.1) is 0 Å². The Kier molecular flexibility index (Phi) is 4.31. The Hall–Kier alpha value is -2.19. The van der Waals surface area contributed by atoms with Crippen LogP contribution in [0.5, 0.6) is 0 Å². The molecule has 0 aliphatic carbocycles. The van der Waals surface area contributed by atoms with Gasteiger partial charge in [-0.1, -0.05) is 30.3 Å². The van der Waals surface area contributed by atoms with Crippen LogP contribution in [0, 0.1) is 0 Å². The minimum absolute atomic E-state index is 0.782. The van der Waals surface area contributed by atoms with Gasteiger partial charge in [0.2, 0.25) is 0 Å². The highest BCUT2D eigenvalue weighted by atomic mass is 19.4. The molecule has 9 heteroatoms. The summed E-state index contributed by atoms with van der Waals surface area (Å²) in [6.45, 7) is 0. The normalized spacial score (nSPS) is 13.7. The fraction of sp³-hybridized carbons (Fsp3) is 0.273. The average Bonchev–Trinajstić information content (AvgIpc) is 2.34. The van der Waals surface area contributed by atoms with Crippen molar-refractivity contribution in [3.63, 3.8) is 0 Å². The van der Waals surface area contributed by atoms with E-state index in [4.69, 9.17) is 5.11 Å². The maximum absolute atomic E-state index is 13.9. The molecular formula is C11H8F5NO3. The number of benzene rings is 1. The van der Waals surface area contributed by atoms with Crippen LogP contribution < -0.4 is 5.32 Å². The molecule has 1 atom stereocenters. The summed E-state index contributed by atoms with van der Waals surface area (Å²) < 4.78 is 63.8. The number of hydrogen-bond donors (Lipinski definition) is 2. The summed E-state index contributed by atoms with van der Waals surface area (Å²) in [5.41, 5.74) is -0.824.